The topological polar surface area (TPSA) is 94.1 Å². The minimum Gasteiger partial charge on any atom is -0.756 e. The molecule has 2 unspecified atom stereocenters. The molecule has 0 rings (SSSR count). The Balaban J connectivity index is 4.10. The number of phosphoric acid groups is 1. The highest BCUT2D eigenvalue weighted by Crippen LogP contribution is 2.38. The van der Waals surface area contributed by atoms with Crippen LogP contribution in [0.5, 0.6) is 0 Å². The van der Waals surface area contributed by atoms with Gasteiger partial charge in [0.25, 0.3) is 7.82 Å². The Bertz CT molecular complexity index is 1280. The third-order valence-corrected chi connectivity index (χ3v) is 12.5. The highest BCUT2D eigenvalue weighted by Gasteiger charge is 2.20. The predicted molar refractivity (Wildman–Crippen MR) is 282 cm³/mol. The van der Waals surface area contributed by atoms with Gasteiger partial charge in [0, 0.05) is 13.0 Å². The van der Waals surface area contributed by atoms with Crippen molar-refractivity contribution in [2.75, 3.05) is 54.1 Å². The average molecular weight is 946 g/mol. The van der Waals surface area contributed by atoms with Gasteiger partial charge in [-0.1, -0.05) is 209 Å². The largest absolute Gasteiger partial charge is 0.756 e. The van der Waals surface area contributed by atoms with Crippen molar-refractivity contribution in [3.63, 3.8) is 0 Å². The summed E-state index contributed by atoms with van der Waals surface area (Å²) in [4.78, 5) is 25.2. The Kier molecular flexibility index (Phi) is 47.8. The van der Waals surface area contributed by atoms with Crippen LogP contribution in [0.4, 0.5) is 0 Å². The van der Waals surface area contributed by atoms with E-state index < -0.39 is 13.9 Å². The van der Waals surface area contributed by atoms with Gasteiger partial charge in [-0.05, 0) is 83.5 Å². The number of ether oxygens (including phenoxy) is 2. The summed E-state index contributed by atoms with van der Waals surface area (Å²) in [5.41, 5.74) is 0. The van der Waals surface area contributed by atoms with E-state index in [2.05, 4.69) is 86.8 Å². The van der Waals surface area contributed by atoms with Gasteiger partial charge in [-0.25, -0.2) is 0 Å². The second-order valence-corrected chi connectivity index (χ2v) is 20.6. The third-order valence-electron chi connectivity index (χ3n) is 11.5. The zero-order chi connectivity index (χ0) is 48.3. The van der Waals surface area contributed by atoms with Crippen molar-refractivity contribution >= 4 is 13.8 Å². The molecule has 0 saturated heterocycles. The summed E-state index contributed by atoms with van der Waals surface area (Å²) in [6.07, 6.45) is 65.0. The van der Waals surface area contributed by atoms with Gasteiger partial charge in [-0.15, -0.1) is 0 Å². The van der Waals surface area contributed by atoms with Crippen LogP contribution in [0.15, 0.2) is 72.9 Å². The summed E-state index contributed by atoms with van der Waals surface area (Å²) in [5, 5.41) is 0. The molecule has 0 spiro atoms. The lowest BCUT2D eigenvalue weighted by Gasteiger charge is -2.28. The van der Waals surface area contributed by atoms with E-state index >= 15 is 0 Å². The molecule has 9 heteroatoms. The molecule has 0 aromatic heterocycles. The van der Waals surface area contributed by atoms with E-state index in [1.54, 1.807) is 0 Å². The van der Waals surface area contributed by atoms with Gasteiger partial charge < -0.3 is 27.9 Å². The number of rotatable bonds is 50. The van der Waals surface area contributed by atoms with E-state index in [9.17, 15) is 14.3 Å². The predicted octanol–water partition coefficient (Wildman–Crippen LogP) is 16.4. The molecule has 0 aliphatic rings. The molecule has 66 heavy (non-hydrogen) atoms. The molecule has 0 heterocycles. The molecule has 0 fully saturated rings. The third kappa shape index (κ3) is 52.9. The van der Waals surface area contributed by atoms with E-state index in [-0.39, 0.29) is 25.8 Å². The number of quaternary nitrogens is 1. The summed E-state index contributed by atoms with van der Waals surface area (Å²) in [6.45, 7) is 5.28. The molecule has 384 valence electrons. The summed E-state index contributed by atoms with van der Waals surface area (Å²) < 4.78 is 34.8. The summed E-state index contributed by atoms with van der Waals surface area (Å²) in [5.74, 6) is -0.342. The Hall–Kier alpha value is -2.06. The van der Waals surface area contributed by atoms with Gasteiger partial charge in [-0.2, -0.15) is 0 Å². The number of nitrogens with zero attached hydrogens (tertiary/aromatic N) is 1. The van der Waals surface area contributed by atoms with Gasteiger partial charge in [0.05, 0.1) is 34.4 Å². The van der Waals surface area contributed by atoms with E-state index in [0.29, 0.717) is 24.1 Å². The zero-order valence-corrected chi connectivity index (χ0v) is 44.5. The number of likely N-dealkylation sites (N-methyl/N-ethyl adjacent to an activating group) is 1. The average Bonchev–Trinajstić information content (AvgIpc) is 3.28. The van der Waals surface area contributed by atoms with Crippen molar-refractivity contribution in [1.82, 2.24) is 0 Å². The molecule has 0 N–H and O–H groups in total. The van der Waals surface area contributed by atoms with Crippen LogP contribution in [0, 0.1) is 0 Å². The first-order valence-corrected chi connectivity index (χ1v) is 28.6. The number of hydrogen-bond donors (Lipinski definition) is 0. The highest BCUT2D eigenvalue weighted by molar-refractivity contribution is 7.45. The van der Waals surface area contributed by atoms with Gasteiger partial charge >= 0.3 is 5.97 Å². The van der Waals surface area contributed by atoms with Gasteiger partial charge in [0.1, 0.15) is 19.3 Å². The second-order valence-electron chi connectivity index (χ2n) is 19.2. The Morgan fingerprint density at radius 3 is 1.32 bits per heavy atom. The van der Waals surface area contributed by atoms with E-state index in [4.69, 9.17) is 18.5 Å². The first-order valence-electron chi connectivity index (χ1n) is 27.2. The fourth-order valence-electron chi connectivity index (χ4n) is 7.33. The van der Waals surface area contributed by atoms with Crippen LogP contribution in [0.3, 0.4) is 0 Å². The molecule has 0 aromatic rings. The molecule has 0 aliphatic heterocycles. The highest BCUT2D eigenvalue weighted by atomic mass is 31.2. The van der Waals surface area contributed by atoms with Crippen LogP contribution in [0.1, 0.15) is 226 Å². The van der Waals surface area contributed by atoms with Crippen LogP contribution in [-0.4, -0.2) is 70.7 Å². The van der Waals surface area contributed by atoms with Crippen molar-refractivity contribution in [3.05, 3.63) is 72.9 Å². The fraction of sp³-hybridized carbons (Fsp3) is 0.772. The fourth-order valence-corrected chi connectivity index (χ4v) is 8.06. The Morgan fingerprint density at radius 1 is 0.485 bits per heavy atom. The minimum absolute atomic E-state index is 0.0219. The quantitative estimate of drug-likeness (QED) is 0.0197. The molecule has 0 radical (unpaired) electrons. The normalized spacial score (nSPS) is 14.1. The van der Waals surface area contributed by atoms with E-state index in [1.807, 2.05) is 21.1 Å². The molecule has 0 saturated carbocycles. The smallest absolute Gasteiger partial charge is 0.306 e. The van der Waals surface area contributed by atoms with Crippen molar-refractivity contribution in [2.24, 2.45) is 0 Å². The number of phosphoric ester groups is 1. The molecule has 0 aromatic carbocycles. The lowest BCUT2D eigenvalue weighted by Crippen LogP contribution is -2.37. The van der Waals surface area contributed by atoms with Crippen LogP contribution in [-0.2, 0) is 27.9 Å². The number of esters is 1. The summed E-state index contributed by atoms with van der Waals surface area (Å²) in [7, 11) is 1.35. The van der Waals surface area contributed by atoms with E-state index in [0.717, 1.165) is 70.6 Å². The Labute approximate surface area is 408 Å². The SMILES string of the molecule is CC/C=C\C/C=C\C/C=C\C/C=C\CCCCCCCCCCCCCCCOCC(COP(=O)([O-])OCC[N+](C)(C)C)OC(=O)CCCCCCCCC/C=C\C/C=C\CCCCCC. The van der Waals surface area contributed by atoms with Crippen LogP contribution in [0.2, 0.25) is 0 Å². The van der Waals surface area contributed by atoms with Gasteiger partial charge in [-0.3, -0.25) is 9.36 Å². The minimum atomic E-state index is -4.54. The number of hydrogen-bond acceptors (Lipinski definition) is 7. The molecule has 0 aliphatic carbocycles. The van der Waals surface area contributed by atoms with Crippen LogP contribution >= 0.6 is 7.82 Å². The van der Waals surface area contributed by atoms with Crippen molar-refractivity contribution in [2.45, 2.75) is 232 Å². The van der Waals surface area contributed by atoms with Crippen LogP contribution < -0.4 is 4.89 Å². The van der Waals surface area contributed by atoms with Crippen LogP contribution in [0.25, 0.3) is 0 Å². The van der Waals surface area contributed by atoms with Gasteiger partial charge in [0.15, 0.2) is 0 Å². The summed E-state index contributed by atoms with van der Waals surface area (Å²) >= 11 is 0. The monoisotopic (exact) mass is 946 g/mol. The van der Waals surface area contributed by atoms with Crippen molar-refractivity contribution in [1.29, 1.82) is 0 Å². The van der Waals surface area contributed by atoms with Crippen molar-refractivity contribution < 1.29 is 37.3 Å². The first-order chi connectivity index (χ1) is 32.1. The molecule has 0 bridgehead atoms. The lowest BCUT2D eigenvalue weighted by molar-refractivity contribution is -0.870. The molecule has 2 atom stereocenters. The number of carbonyl (C=O) groups is 1. The molecule has 0 amide bonds. The zero-order valence-electron chi connectivity index (χ0n) is 43.6. The number of unbranched alkanes of at least 4 members (excludes halogenated alkanes) is 24. The van der Waals surface area contributed by atoms with Crippen molar-refractivity contribution in [3.8, 4) is 0 Å². The molecule has 8 nitrogen and oxygen atoms in total. The number of carbonyl (C=O) groups excluding carboxylic acids is 1. The maximum Gasteiger partial charge on any atom is 0.306 e. The lowest BCUT2D eigenvalue weighted by atomic mass is 10.0. The maximum atomic E-state index is 12.8. The molecular weight excluding hydrogens is 842 g/mol. The Morgan fingerprint density at radius 2 is 0.879 bits per heavy atom. The summed E-state index contributed by atoms with van der Waals surface area (Å²) in [6, 6.07) is 0. The number of allylic oxidation sites excluding steroid dienone is 12. The van der Waals surface area contributed by atoms with Gasteiger partial charge in [0.2, 0.25) is 0 Å². The maximum absolute atomic E-state index is 12.8. The first kappa shape index (κ1) is 63.9. The van der Waals surface area contributed by atoms with E-state index in [1.165, 1.54) is 135 Å². The second kappa shape index (κ2) is 49.4. The standard InChI is InChI=1S/C57H104NO7P/c1-6-8-10-12-14-16-18-20-22-24-26-27-28-29-30-31-32-33-35-37-39-41-43-45-47-49-52-62-54-56(55-64-66(60,61)63-53-51-58(3,4)5)65-57(59)50-48-46-44-42-40-38-36-34-25-23-21-19-17-15-13-11-9-7-2/h8,10,14,16-17,19-20,22-23,25-27,56H,6-7,9,11-13,15,18,21,24,28-55H2,1-5H3/b10-8-,16-14-,19-17-,22-20-,25-23-,27-26-. The molecular formula is C57H104NO7P.